The van der Waals surface area contributed by atoms with Gasteiger partial charge in [-0.3, -0.25) is 0 Å². The first kappa shape index (κ1) is 14.2. The monoisotopic (exact) mass is 285 g/mol. The summed E-state index contributed by atoms with van der Waals surface area (Å²) in [5, 5.41) is 10.5. The van der Waals surface area contributed by atoms with Crippen molar-refractivity contribution in [2.45, 2.75) is 58.4 Å². The van der Waals surface area contributed by atoms with Crippen LogP contribution in [-0.2, 0) is 6.42 Å². The highest BCUT2D eigenvalue weighted by atomic mass is 16.4. The molecule has 0 aliphatic heterocycles. The van der Waals surface area contributed by atoms with E-state index in [2.05, 4.69) is 18.4 Å². The molecule has 0 unspecified atom stereocenters. The van der Waals surface area contributed by atoms with Crippen LogP contribution in [0.15, 0.2) is 18.2 Å². The summed E-state index contributed by atoms with van der Waals surface area (Å²) >= 11 is 0. The summed E-state index contributed by atoms with van der Waals surface area (Å²) in [6, 6.07) is 6.10. The number of hydrogen-bond acceptors (Lipinski definition) is 1. The zero-order valence-electron chi connectivity index (χ0n) is 12.9. The van der Waals surface area contributed by atoms with E-state index in [1.165, 1.54) is 48.7 Å². The summed E-state index contributed by atoms with van der Waals surface area (Å²) in [5.41, 5.74) is 4.19. The van der Waals surface area contributed by atoms with Gasteiger partial charge < -0.3 is 9.67 Å². The maximum Gasteiger partial charge on any atom is 0.335 e. The molecule has 0 spiro atoms. The van der Waals surface area contributed by atoms with E-state index in [1.54, 1.807) is 6.07 Å². The quantitative estimate of drug-likeness (QED) is 0.887. The molecule has 1 heterocycles. The zero-order chi connectivity index (χ0) is 15.0. The third-order valence-electron chi connectivity index (χ3n) is 4.91. The van der Waals surface area contributed by atoms with Crippen molar-refractivity contribution in [3.05, 3.63) is 35.0 Å². The normalized spacial score (nSPS) is 16.5. The van der Waals surface area contributed by atoms with Gasteiger partial charge in [0.2, 0.25) is 0 Å². The molecular weight excluding hydrogens is 262 g/mol. The second kappa shape index (κ2) is 5.55. The lowest BCUT2D eigenvalue weighted by Crippen LogP contribution is -2.15. The van der Waals surface area contributed by atoms with Crippen LogP contribution in [0.5, 0.6) is 0 Å². The second-order valence-electron chi connectivity index (χ2n) is 6.12. The highest BCUT2D eigenvalue weighted by Gasteiger charge is 2.22. The molecule has 0 bridgehead atoms. The van der Waals surface area contributed by atoms with E-state index in [9.17, 15) is 9.90 Å². The lowest BCUT2D eigenvalue weighted by Gasteiger charge is -2.26. The zero-order valence-corrected chi connectivity index (χ0v) is 12.9. The van der Waals surface area contributed by atoms with Gasteiger partial charge in [-0.05, 0) is 43.9 Å². The Hall–Kier alpha value is -1.77. The standard InChI is InChI=1S/C18H23NO2/c1-3-16-12(2)15-10-9-13(18(20)21)11-17(15)19(16)14-7-5-4-6-8-14/h9-11,14H,3-8H2,1-2H3,(H,20,21). The number of carboxylic acids is 1. The van der Waals surface area contributed by atoms with Gasteiger partial charge in [0.25, 0.3) is 0 Å². The molecule has 2 aromatic rings. The van der Waals surface area contributed by atoms with Crippen LogP contribution in [0.2, 0.25) is 0 Å². The molecule has 3 nitrogen and oxygen atoms in total. The van der Waals surface area contributed by atoms with E-state index < -0.39 is 5.97 Å². The molecule has 0 saturated heterocycles. The van der Waals surface area contributed by atoms with Crippen molar-refractivity contribution in [1.82, 2.24) is 4.57 Å². The third-order valence-corrected chi connectivity index (χ3v) is 4.91. The minimum atomic E-state index is -0.844. The van der Waals surface area contributed by atoms with Gasteiger partial charge in [0.15, 0.2) is 0 Å². The van der Waals surface area contributed by atoms with Crippen LogP contribution in [0, 0.1) is 6.92 Å². The number of aromatic carboxylic acids is 1. The highest BCUT2D eigenvalue weighted by molar-refractivity contribution is 5.95. The van der Waals surface area contributed by atoms with Gasteiger partial charge >= 0.3 is 5.97 Å². The molecule has 21 heavy (non-hydrogen) atoms. The second-order valence-corrected chi connectivity index (χ2v) is 6.12. The first-order valence-corrected chi connectivity index (χ1v) is 8.00. The van der Waals surface area contributed by atoms with Crippen LogP contribution in [-0.4, -0.2) is 15.6 Å². The Kier molecular flexibility index (Phi) is 3.75. The summed E-state index contributed by atoms with van der Waals surface area (Å²) < 4.78 is 2.44. The summed E-state index contributed by atoms with van der Waals surface area (Å²) in [4.78, 5) is 11.3. The van der Waals surface area contributed by atoms with E-state index >= 15 is 0 Å². The first-order chi connectivity index (χ1) is 10.1. The minimum absolute atomic E-state index is 0.389. The Morgan fingerprint density at radius 1 is 1.29 bits per heavy atom. The first-order valence-electron chi connectivity index (χ1n) is 8.00. The molecular formula is C18H23NO2. The predicted octanol–water partition coefficient (Wildman–Crippen LogP) is 4.72. The van der Waals surface area contributed by atoms with Gasteiger partial charge in [-0.25, -0.2) is 4.79 Å². The predicted molar refractivity (Wildman–Crippen MR) is 85.1 cm³/mol. The number of nitrogens with zero attached hydrogens (tertiary/aromatic N) is 1. The fourth-order valence-electron chi connectivity index (χ4n) is 3.85. The lowest BCUT2D eigenvalue weighted by molar-refractivity contribution is 0.0697. The SMILES string of the molecule is CCc1c(C)c2ccc(C(=O)O)cc2n1C1CCCCC1. The van der Waals surface area contributed by atoms with Gasteiger partial charge in [-0.15, -0.1) is 0 Å². The molecule has 1 fully saturated rings. The molecule has 0 radical (unpaired) electrons. The largest absolute Gasteiger partial charge is 0.478 e. The smallest absolute Gasteiger partial charge is 0.335 e. The molecule has 112 valence electrons. The summed E-state index contributed by atoms with van der Waals surface area (Å²) in [6.45, 7) is 4.36. The summed E-state index contributed by atoms with van der Waals surface area (Å²) in [6.07, 6.45) is 7.33. The molecule has 1 aromatic heterocycles. The molecule has 1 aliphatic carbocycles. The van der Waals surface area contributed by atoms with Crippen molar-refractivity contribution < 1.29 is 9.90 Å². The number of benzene rings is 1. The molecule has 3 rings (SSSR count). The summed E-state index contributed by atoms with van der Waals surface area (Å²) in [5.74, 6) is -0.844. The average molecular weight is 285 g/mol. The van der Waals surface area contributed by atoms with E-state index in [0.717, 1.165) is 11.9 Å². The average Bonchev–Trinajstić information content (AvgIpc) is 2.80. The van der Waals surface area contributed by atoms with Crippen molar-refractivity contribution >= 4 is 16.9 Å². The Morgan fingerprint density at radius 3 is 2.62 bits per heavy atom. The Labute approximate surface area is 125 Å². The van der Waals surface area contributed by atoms with Crippen LogP contribution in [0.25, 0.3) is 10.9 Å². The minimum Gasteiger partial charge on any atom is -0.478 e. The van der Waals surface area contributed by atoms with E-state index in [4.69, 9.17) is 0 Å². The molecule has 1 saturated carbocycles. The molecule has 3 heteroatoms. The van der Waals surface area contributed by atoms with E-state index in [1.807, 2.05) is 12.1 Å². The molecule has 1 aromatic carbocycles. The van der Waals surface area contributed by atoms with E-state index in [0.29, 0.717) is 11.6 Å². The van der Waals surface area contributed by atoms with Crippen LogP contribution in [0.1, 0.15) is 66.7 Å². The number of carbonyl (C=O) groups is 1. The molecule has 1 aliphatic rings. The number of aryl methyl sites for hydroxylation is 1. The van der Waals surface area contributed by atoms with Crippen LogP contribution >= 0.6 is 0 Å². The fourth-order valence-corrected chi connectivity index (χ4v) is 3.85. The van der Waals surface area contributed by atoms with Crippen LogP contribution in [0.4, 0.5) is 0 Å². The Balaban J connectivity index is 2.22. The van der Waals surface area contributed by atoms with Gasteiger partial charge in [-0.2, -0.15) is 0 Å². The number of fused-ring (bicyclic) bond motifs is 1. The van der Waals surface area contributed by atoms with Crippen LogP contribution in [0.3, 0.4) is 0 Å². The van der Waals surface area contributed by atoms with E-state index in [-0.39, 0.29) is 0 Å². The lowest BCUT2D eigenvalue weighted by atomic mass is 9.95. The number of carboxylic acid groups (broad SMARTS) is 1. The summed E-state index contributed by atoms with van der Waals surface area (Å²) in [7, 11) is 0. The third kappa shape index (κ3) is 2.35. The van der Waals surface area contributed by atoms with Gasteiger partial charge in [-0.1, -0.05) is 32.3 Å². The topological polar surface area (TPSA) is 42.2 Å². The number of aromatic nitrogens is 1. The maximum absolute atomic E-state index is 11.3. The van der Waals surface area contributed by atoms with Crippen molar-refractivity contribution in [3.8, 4) is 0 Å². The van der Waals surface area contributed by atoms with Gasteiger partial charge in [0, 0.05) is 22.6 Å². The van der Waals surface area contributed by atoms with Crippen LogP contribution < -0.4 is 0 Å². The maximum atomic E-state index is 11.3. The molecule has 0 amide bonds. The Bertz CT molecular complexity index is 678. The molecule has 1 N–H and O–H groups in total. The van der Waals surface area contributed by atoms with Crippen molar-refractivity contribution in [3.63, 3.8) is 0 Å². The fraction of sp³-hybridized carbons (Fsp3) is 0.500. The highest BCUT2D eigenvalue weighted by Crippen LogP contribution is 2.36. The molecule has 0 atom stereocenters. The van der Waals surface area contributed by atoms with Gasteiger partial charge in [0.05, 0.1) is 5.56 Å². The van der Waals surface area contributed by atoms with Crippen molar-refractivity contribution in [2.24, 2.45) is 0 Å². The van der Waals surface area contributed by atoms with Crippen molar-refractivity contribution in [2.75, 3.05) is 0 Å². The van der Waals surface area contributed by atoms with Gasteiger partial charge in [0.1, 0.15) is 0 Å². The number of rotatable bonds is 3. The number of hydrogen-bond donors (Lipinski definition) is 1. The van der Waals surface area contributed by atoms with Crippen molar-refractivity contribution in [1.29, 1.82) is 0 Å². The Morgan fingerprint density at radius 2 is 2.00 bits per heavy atom.